The molecule has 0 aliphatic carbocycles. The van der Waals surface area contributed by atoms with Gasteiger partial charge in [0, 0.05) is 18.7 Å². The maximum Gasteiger partial charge on any atom is 0.300 e. The van der Waals surface area contributed by atoms with Crippen molar-refractivity contribution in [1.29, 1.82) is 0 Å². The van der Waals surface area contributed by atoms with Crippen molar-refractivity contribution in [3.63, 3.8) is 0 Å². The normalized spacial score (nSPS) is 12.3. The van der Waals surface area contributed by atoms with Crippen LogP contribution in [0.3, 0.4) is 0 Å². The van der Waals surface area contributed by atoms with Gasteiger partial charge in [0.05, 0.1) is 4.92 Å². The van der Waals surface area contributed by atoms with E-state index in [9.17, 15) is 18.5 Å². The average Bonchev–Trinajstić information content (AvgIpc) is 2.60. The first-order valence-corrected chi connectivity index (χ1v) is 7.80. The predicted molar refractivity (Wildman–Crippen MR) is 70.7 cm³/mol. The van der Waals surface area contributed by atoms with E-state index >= 15 is 0 Å². The average molecular weight is 313 g/mol. The topological polar surface area (TPSA) is 80.5 Å². The zero-order valence-corrected chi connectivity index (χ0v) is 12.5. The molecule has 0 fully saturated rings. The van der Waals surface area contributed by atoms with E-state index in [0.29, 0.717) is 17.9 Å². The van der Waals surface area contributed by atoms with Crippen LogP contribution in [0, 0.1) is 10.1 Å². The molecule has 1 aromatic heterocycles. The van der Waals surface area contributed by atoms with E-state index in [1.807, 2.05) is 0 Å². The molecule has 1 rings (SSSR count). The summed E-state index contributed by atoms with van der Waals surface area (Å²) in [6.45, 7) is 5.49. The molecule has 0 aromatic carbocycles. The lowest BCUT2D eigenvalue weighted by Crippen LogP contribution is -2.36. The van der Waals surface area contributed by atoms with Gasteiger partial charge in [0.25, 0.3) is 15.7 Å². The lowest BCUT2D eigenvalue weighted by atomic mass is 10.4. The van der Waals surface area contributed by atoms with Gasteiger partial charge in [-0.15, -0.1) is 11.3 Å². The minimum absolute atomic E-state index is 0.102. The lowest BCUT2D eigenvalue weighted by molar-refractivity contribution is -0.384. The molecule has 0 saturated carbocycles. The molecule has 1 heterocycles. The fourth-order valence-electron chi connectivity index (χ4n) is 1.52. The summed E-state index contributed by atoms with van der Waals surface area (Å²) < 4.78 is 25.5. The predicted octanol–water partition coefficient (Wildman–Crippen LogP) is 2.73. The van der Waals surface area contributed by atoms with E-state index in [1.54, 1.807) is 20.8 Å². The first kappa shape index (κ1) is 15.4. The standard InChI is InChI=1S/C9H13ClN2O4S2/c1-4-11(6(2)3)18(15,16)8-5-7(12(13)14)9(10)17-8/h5-6H,4H2,1-3H3. The third kappa shape index (κ3) is 2.82. The van der Waals surface area contributed by atoms with Crippen LogP contribution in [0.1, 0.15) is 20.8 Å². The van der Waals surface area contributed by atoms with Gasteiger partial charge in [0.1, 0.15) is 4.21 Å². The maximum absolute atomic E-state index is 12.2. The summed E-state index contributed by atoms with van der Waals surface area (Å²) >= 11 is 6.37. The molecule has 1 aromatic rings. The fourth-order valence-corrected chi connectivity index (χ4v) is 4.96. The Morgan fingerprint density at radius 3 is 2.44 bits per heavy atom. The summed E-state index contributed by atoms with van der Waals surface area (Å²) in [4.78, 5) is 9.96. The van der Waals surface area contributed by atoms with Gasteiger partial charge in [-0.1, -0.05) is 18.5 Å². The van der Waals surface area contributed by atoms with E-state index in [1.165, 1.54) is 4.31 Å². The van der Waals surface area contributed by atoms with Crippen LogP contribution in [0.2, 0.25) is 4.34 Å². The Hall–Kier alpha value is -0.700. The van der Waals surface area contributed by atoms with Crippen LogP contribution in [0.15, 0.2) is 10.3 Å². The number of nitrogens with zero attached hydrogens (tertiary/aromatic N) is 2. The molecule has 0 saturated heterocycles. The van der Waals surface area contributed by atoms with Crippen molar-refractivity contribution in [3.05, 3.63) is 20.5 Å². The number of rotatable bonds is 5. The summed E-state index contributed by atoms with van der Waals surface area (Å²) in [5.74, 6) is 0. The zero-order valence-electron chi connectivity index (χ0n) is 10.1. The third-order valence-electron chi connectivity index (χ3n) is 2.29. The van der Waals surface area contributed by atoms with Gasteiger partial charge in [-0.25, -0.2) is 8.42 Å². The summed E-state index contributed by atoms with van der Waals surface area (Å²) in [6, 6.07) is 0.785. The SMILES string of the molecule is CCN(C(C)C)S(=O)(=O)c1cc([N+](=O)[O-])c(Cl)s1. The molecule has 18 heavy (non-hydrogen) atoms. The van der Waals surface area contributed by atoms with E-state index in [-0.39, 0.29) is 20.3 Å². The first-order chi connectivity index (χ1) is 8.21. The van der Waals surface area contributed by atoms with Crippen LogP contribution in [0.25, 0.3) is 0 Å². The van der Waals surface area contributed by atoms with Crippen molar-refractivity contribution in [2.75, 3.05) is 6.54 Å². The highest BCUT2D eigenvalue weighted by molar-refractivity contribution is 7.91. The van der Waals surface area contributed by atoms with Crippen molar-refractivity contribution in [2.45, 2.75) is 31.0 Å². The van der Waals surface area contributed by atoms with Crippen LogP contribution >= 0.6 is 22.9 Å². The molecule has 0 spiro atoms. The third-order valence-corrected chi connectivity index (χ3v) is 6.23. The monoisotopic (exact) mass is 312 g/mol. The Balaban J connectivity index is 3.29. The van der Waals surface area contributed by atoms with Gasteiger partial charge in [0.2, 0.25) is 0 Å². The Morgan fingerprint density at radius 2 is 2.11 bits per heavy atom. The molecule has 0 N–H and O–H groups in total. The summed E-state index contributed by atoms with van der Waals surface area (Å²) in [6.07, 6.45) is 0. The zero-order chi connectivity index (χ0) is 14.1. The molecule has 102 valence electrons. The van der Waals surface area contributed by atoms with Crippen molar-refractivity contribution in [2.24, 2.45) is 0 Å². The molecule has 6 nitrogen and oxygen atoms in total. The Bertz CT molecular complexity index is 553. The van der Waals surface area contributed by atoms with Crippen molar-refractivity contribution in [3.8, 4) is 0 Å². The molecule has 0 aliphatic rings. The Kier molecular flexibility index (Phi) is 4.71. The van der Waals surface area contributed by atoms with Crippen LogP contribution in [0.5, 0.6) is 0 Å². The fraction of sp³-hybridized carbons (Fsp3) is 0.556. The minimum Gasteiger partial charge on any atom is -0.258 e. The highest BCUT2D eigenvalue weighted by Crippen LogP contribution is 2.37. The van der Waals surface area contributed by atoms with Crippen molar-refractivity contribution in [1.82, 2.24) is 4.31 Å². The number of hydrogen-bond donors (Lipinski definition) is 0. The molecule has 0 aliphatic heterocycles. The molecular formula is C9H13ClN2O4S2. The summed E-state index contributed by atoms with van der Waals surface area (Å²) in [5, 5.41) is 10.7. The second kappa shape index (κ2) is 5.52. The van der Waals surface area contributed by atoms with Crippen LogP contribution < -0.4 is 0 Å². The van der Waals surface area contributed by atoms with Gasteiger partial charge in [-0.2, -0.15) is 4.31 Å². The van der Waals surface area contributed by atoms with Crippen LogP contribution in [-0.2, 0) is 10.0 Å². The quantitative estimate of drug-likeness (QED) is 0.618. The number of thiophene rings is 1. The van der Waals surface area contributed by atoms with Crippen LogP contribution in [-0.4, -0.2) is 30.2 Å². The second-order valence-corrected chi connectivity index (χ2v) is 7.56. The highest BCUT2D eigenvalue weighted by Gasteiger charge is 2.31. The van der Waals surface area contributed by atoms with Gasteiger partial charge in [0.15, 0.2) is 4.34 Å². The minimum atomic E-state index is -3.72. The number of nitro groups is 1. The maximum atomic E-state index is 12.2. The molecule has 0 unspecified atom stereocenters. The smallest absolute Gasteiger partial charge is 0.258 e. The largest absolute Gasteiger partial charge is 0.300 e. The number of hydrogen-bond acceptors (Lipinski definition) is 5. The van der Waals surface area contributed by atoms with E-state index < -0.39 is 14.9 Å². The van der Waals surface area contributed by atoms with Gasteiger partial charge in [-0.05, 0) is 13.8 Å². The lowest BCUT2D eigenvalue weighted by Gasteiger charge is -2.23. The Labute approximate surface area is 114 Å². The van der Waals surface area contributed by atoms with Crippen molar-refractivity contribution < 1.29 is 13.3 Å². The summed E-state index contributed by atoms with van der Waals surface area (Å²) in [7, 11) is -3.72. The van der Waals surface area contributed by atoms with Crippen LogP contribution in [0.4, 0.5) is 5.69 Å². The highest BCUT2D eigenvalue weighted by atomic mass is 35.5. The van der Waals surface area contributed by atoms with E-state index in [2.05, 4.69) is 0 Å². The number of halogens is 1. The van der Waals surface area contributed by atoms with E-state index in [4.69, 9.17) is 11.6 Å². The molecule has 0 amide bonds. The molecule has 9 heteroatoms. The molecule has 0 bridgehead atoms. The van der Waals surface area contributed by atoms with Gasteiger partial charge >= 0.3 is 0 Å². The van der Waals surface area contributed by atoms with E-state index in [0.717, 1.165) is 6.07 Å². The molecular weight excluding hydrogens is 300 g/mol. The molecule has 0 atom stereocenters. The van der Waals surface area contributed by atoms with Gasteiger partial charge in [-0.3, -0.25) is 10.1 Å². The van der Waals surface area contributed by atoms with Gasteiger partial charge < -0.3 is 0 Å². The summed E-state index contributed by atoms with van der Waals surface area (Å²) in [5.41, 5.74) is -0.375. The Morgan fingerprint density at radius 1 is 1.56 bits per heavy atom. The van der Waals surface area contributed by atoms with Crippen molar-refractivity contribution >= 4 is 38.6 Å². The molecule has 0 radical (unpaired) electrons. The second-order valence-electron chi connectivity index (χ2n) is 3.78. The first-order valence-electron chi connectivity index (χ1n) is 5.17. The number of sulfonamides is 1.